The van der Waals surface area contributed by atoms with Crippen molar-refractivity contribution in [3.8, 4) is 0 Å². The van der Waals surface area contributed by atoms with Gasteiger partial charge in [0.2, 0.25) is 0 Å². The van der Waals surface area contributed by atoms with Gasteiger partial charge in [0, 0.05) is 64.4 Å². The Balaban J connectivity index is 0.000000777. The van der Waals surface area contributed by atoms with E-state index in [0.717, 1.165) is 38.5 Å². The molecule has 0 spiro atoms. The molecule has 2 aliphatic rings. The lowest BCUT2D eigenvalue weighted by atomic mass is 9.76. The molecule has 2 heterocycles. The molecule has 0 N–H and O–H groups in total. The van der Waals surface area contributed by atoms with Crippen LogP contribution in [0.25, 0.3) is 0 Å². The third-order valence-corrected chi connectivity index (χ3v) is 7.48. The fourth-order valence-corrected chi connectivity index (χ4v) is 5.32. The molecule has 1 aromatic rings. The van der Waals surface area contributed by atoms with Crippen molar-refractivity contribution >= 4 is 29.5 Å². The highest BCUT2D eigenvalue weighted by Gasteiger charge is 2.36. The maximum Gasteiger partial charge on any atom is 0.410 e. The molecule has 222 valence electrons. The molecule has 8 nitrogen and oxygen atoms in total. The lowest BCUT2D eigenvalue weighted by Gasteiger charge is -2.45. The third kappa shape index (κ3) is 9.23. The fraction of sp³-hybridized carbons (Fsp3) is 0.710. The number of amidine groups is 1. The number of carbonyl (C=O) groups is 1. The third-order valence-electron chi connectivity index (χ3n) is 7.48. The molecule has 0 aromatic heterocycles. The molecule has 0 aliphatic carbocycles. The summed E-state index contributed by atoms with van der Waals surface area (Å²) in [6.07, 6.45) is 2.67. The molecule has 0 bridgehead atoms. The Labute approximate surface area is 238 Å². The monoisotopic (exact) mass is 545 g/mol. The van der Waals surface area contributed by atoms with Crippen molar-refractivity contribution in [2.75, 3.05) is 55.9 Å². The number of carbonyl (C=O) groups excluding carboxylic acids is 1. The van der Waals surface area contributed by atoms with Crippen LogP contribution in [0, 0.1) is 5.92 Å². The van der Waals surface area contributed by atoms with Crippen LogP contribution in [0.2, 0.25) is 0 Å². The van der Waals surface area contributed by atoms with Gasteiger partial charge >= 0.3 is 6.09 Å². The Morgan fingerprint density at radius 3 is 2.33 bits per heavy atom. The predicted molar refractivity (Wildman–Crippen MR) is 167 cm³/mol. The van der Waals surface area contributed by atoms with Crippen LogP contribution in [-0.2, 0) is 9.47 Å². The average Bonchev–Trinajstić information content (AvgIpc) is 2.89. The molecular weight excluding hydrogens is 490 g/mol. The van der Waals surface area contributed by atoms with Crippen LogP contribution in [0.15, 0.2) is 28.2 Å². The van der Waals surface area contributed by atoms with Crippen molar-refractivity contribution in [1.82, 2.24) is 4.90 Å². The minimum absolute atomic E-state index is 0. The van der Waals surface area contributed by atoms with Crippen molar-refractivity contribution in [1.29, 1.82) is 0 Å². The fourth-order valence-electron chi connectivity index (χ4n) is 5.32. The summed E-state index contributed by atoms with van der Waals surface area (Å²) in [6, 6.07) is 7.34. The van der Waals surface area contributed by atoms with E-state index in [0.29, 0.717) is 37.7 Å². The van der Waals surface area contributed by atoms with Crippen LogP contribution in [0.5, 0.6) is 0 Å². The highest BCUT2D eigenvalue weighted by Crippen LogP contribution is 2.45. The van der Waals surface area contributed by atoms with E-state index in [1.54, 1.807) is 6.21 Å². The molecule has 39 heavy (non-hydrogen) atoms. The minimum Gasteiger partial charge on any atom is -0.444 e. The van der Waals surface area contributed by atoms with Gasteiger partial charge in [-0.2, -0.15) is 0 Å². The van der Waals surface area contributed by atoms with Crippen molar-refractivity contribution in [2.45, 2.75) is 93.2 Å². The lowest BCUT2D eigenvalue weighted by molar-refractivity contribution is 0.0240. The maximum atomic E-state index is 12.4. The minimum atomic E-state index is -0.455. The molecule has 3 rings (SSSR count). The molecule has 8 heteroatoms. The molecular formula is C31H55N5O3. The largest absolute Gasteiger partial charge is 0.444 e. The number of anilines is 2. The van der Waals surface area contributed by atoms with Gasteiger partial charge in [0.1, 0.15) is 18.2 Å². The van der Waals surface area contributed by atoms with Crippen LogP contribution in [-0.4, -0.2) is 80.7 Å². The topological polar surface area (TPSA) is 70.0 Å². The van der Waals surface area contributed by atoms with E-state index in [-0.39, 0.29) is 7.52 Å². The number of benzene rings is 1. The van der Waals surface area contributed by atoms with E-state index >= 15 is 0 Å². The summed E-state index contributed by atoms with van der Waals surface area (Å²) in [5.41, 5.74) is 3.53. The molecule has 0 saturated carbocycles. The number of ether oxygens (including phenoxy) is 2. The molecule has 3 atom stereocenters. The van der Waals surface area contributed by atoms with Crippen LogP contribution < -0.4 is 9.80 Å². The van der Waals surface area contributed by atoms with E-state index in [4.69, 9.17) is 9.47 Å². The lowest BCUT2D eigenvalue weighted by Crippen LogP contribution is -2.50. The summed E-state index contributed by atoms with van der Waals surface area (Å²) in [7, 11) is 0. The summed E-state index contributed by atoms with van der Waals surface area (Å²) < 4.78 is 11.3. The molecule has 0 radical (unpaired) electrons. The summed E-state index contributed by atoms with van der Waals surface area (Å²) in [4.78, 5) is 27.0. The molecule has 1 fully saturated rings. The molecule has 2 aliphatic heterocycles. The zero-order chi connectivity index (χ0) is 29.2. The number of hydrogen-bond acceptors (Lipinski definition) is 6. The molecule has 1 saturated heterocycles. The van der Waals surface area contributed by atoms with Gasteiger partial charge in [-0.1, -0.05) is 13.8 Å². The van der Waals surface area contributed by atoms with Crippen LogP contribution in [0.4, 0.5) is 16.2 Å². The van der Waals surface area contributed by atoms with Crippen molar-refractivity contribution in [2.24, 2.45) is 15.9 Å². The number of amides is 1. The zero-order valence-corrected chi connectivity index (χ0v) is 26.2. The number of hydrogen-bond donors (Lipinski definition) is 0. The Hall–Kier alpha value is -2.61. The predicted octanol–water partition coefficient (Wildman–Crippen LogP) is 6.84. The van der Waals surface area contributed by atoms with Gasteiger partial charge in [-0.3, -0.25) is 4.99 Å². The smallest absolute Gasteiger partial charge is 0.410 e. The van der Waals surface area contributed by atoms with Crippen LogP contribution in [0.1, 0.15) is 88.6 Å². The Kier molecular flexibility index (Phi) is 12.7. The van der Waals surface area contributed by atoms with Crippen LogP contribution >= 0.6 is 0 Å². The molecule has 1 aromatic carbocycles. The molecule has 0 unspecified atom stereocenters. The second kappa shape index (κ2) is 15.2. The SMILES string of the molecule is CC=NC(C)=NCC.CCOCN1c2ccc(N3CCN(C(=O)OC(C)(C)C)CC3)cc2[C@H](CC)[C@@H](C)[C@@H]1C.[HH]. The van der Waals surface area contributed by atoms with E-state index in [2.05, 4.69) is 58.8 Å². The molecule has 1 amide bonds. The first-order valence-electron chi connectivity index (χ1n) is 14.7. The van der Waals surface area contributed by atoms with Gasteiger partial charge in [0.05, 0.1) is 0 Å². The van der Waals surface area contributed by atoms with Gasteiger partial charge in [0.15, 0.2) is 0 Å². The second-order valence-electron chi connectivity index (χ2n) is 11.3. The van der Waals surface area contributed by atoms with Crippen molar-refractivity contribution < 1.29 is 15.7 Å². The van der Waals surface area contributed by atoms with Gasteiger partial charge in [-0.15, -0.1) is 0 Å². The number of fused-ring (bicyclic) bond motifs is 1. The number of aliphatic imine (C=N–C) groups is 2. The van der Waals surface area contributed by atoms with E-state index < -0.39 is 5.60 Å². The van der Waals surface area contributed by atoms with E-state index in [1.807, 2.05) is 53.4 Å². The van der Waals surface area contributed by atoms with Crippen molar-refractivity contribution in [3.63, 3.8) is 0 Å². The first kappa shape index (κ1) is 32.6. The van der Waals surface area contributed by atoms with Gasteiger partial charge < -0.3 is 24.2 Å². The van der Waals surface area contributed by atoms with E-state index in [9.17, 15) is 4.79 Å². The Morgan fingerprint density at radius 1 is 1.13 bits per heavy atom. The summed E-state index contributed by atoms with van der Waals surface area (Å²) >= 11 is 0. The summed E-state index contributed by atoms with van der Waals surface area (Å²) in [5, 5.41) is 0. The quantitative estimate of drug-likeness (QED) is 0.289. The van der Waals surface area contributed by atoms with E-state index in [1.165, 1.54) is 16.9 Å². The normalized spacial score (nSPS) is 21.9. The standard InChI is InChI=1S/C25H41N3O3.C6H12N2.H2/c1-8-21-18(3)19(4)28(17-30-9-2)23-11-10-20(16-22(21)23)26-12-14-27(15-13-26)24(29)31-25(5,6)7;1-4-7-6(3)8-5-2;/h10-11,16,18-19,21H,8-9,12-15,17H2,1-7H3;4H,5H2,1-3H3;1H/t18-,19-,21+;;/m0../s1. The van der Waals surface area contributed by atoms with Gasteiger partial charge in [-0.25, -0.2) is 9.79 Å². The highest BCUT2D eigenvalue weighted by atomic mass is 16.6. The first-order valence-corrected chi connectivity index (χ1v) is 14.7. The van der Waals surface area contributed by atoms with Gasteiger partial charge in [-0.05, 0) is 97.4 Å². The summed E-state index contributed by atoms with van der Waals surface area (Å²) in [6.45, 7) is 25.7. The number of piperazine rings is 1. The average molecular weight is 546 g/mol. The Bertz CT molecular complexity index is 970. The first-order chi connectivity index (χ1) is 18.5. The van der Waals surface area contributed by atoms with Crippen LogP contribution in [0.3, 0.4) is 0 Å². The number of nitrogens with zero attached hydrogens (tertiary/aromatic N) is 5. The van der Waals surface area contributed by atoms with Crippen molar-refractivity contribution in [3.05, 3.63) is 23.8 Å². The highest BCUT2D eigenvalue weighted by molar-refractivity contribution is 5.86. The number of rotatable bonds is 6. The Morgan fingerprint density at radius 2 is 1.79 bits per heavy atom. The van der Waals surface area contributed by atoms with Gasteiger partial charge in [0.25, 0.3) is 0 Å². The summed E-state index contributed by atoms with van der Waals surface area (Å²) in [5.74, 6) is 1.97. The second-order valence-corrected chi connectivity index (χ2v) is 11.3. The zero-order valence-electron chi connectivity index (χ0n) is 26.2. The maximum absolute atomic E-state index is 12.4.